The predicted octanol–water partition coefficient (Wildman–Crippen LogP) is 3.11. The fourth-order valence-electron chi connectivity index (χ4n) is 3.22. The van der Waals surface area contributed by atoms with Crippen LogP contribution in [0.4, 0.5) is 0 Å². The summed E-state index contributed by atoms with van der Waals surface area (Å²) in [6, 6.07) is 7.45. The number of rotatable bonds is 5. The minimum Gasteiger partial charge on any atom is -0.494 e. The Morgan fingerprint density at radius 3 is 2.64 bits per heavy atom. The van der Waals surface area contributed by atoms with Gasteiger partial charge in [0.05, 0.1) is 30.8 Å². The molecule has 0 fully saturated rings. The SMILES string of the molecule is CCc1cc(-n2cc3nc(-c4cnc(OC)c(OC)c4)ccc3c2O)nn1C. The van der Waals surface area contributed by atoms with Gasteiger partial charge in [0.15, 0.2) is 11.6 Å². The predicted molar refractivity (Wildman–Crippen MR) is 105 cm³/mol. The third kappa shape index (κ3) is 2.83. The van der Waals surface area contributed by atoms with Crippen LogP contribution < -0.4 is 9.47 Å². The van der Waals surface area contributed by atoms with Crippen molar-refractivity contribution < 1.29 is 14.6 Å². The summed E-state index contributed by atoms with van der Waals surface area (Å²) < 4.78 is 14.0. The summed E-state index contributed by atoms with van der Waals surface area (Å²) in [5.41, 5.74) is 3.25. The van der Waals surface area contributed by atoms with Crippen LogP contribution in [0.1, 0.15) is 12.6 Å². The van der Waals surface area contributed by atoms with E-state index in [4.69, 9.17) is 9.47 Å². The number of methoxy groups -OCH3 is 2. The van der Waals surface area contributed by atoms with Crippen molar-refractivity contribution in [3.63, 3.8) is 0 Å². The zero-order valence-electron chi connectivity index (χ0n) is 16.2. The van der Waals surface area contributed by atoms with Crippen molar-refractivity contribution in [2.24, 2.45) is 7.05 Å². The van der Waals surface area contributed by atoms with Gasteiger partial charge in [-0.25, -0.2) is 9.97 Å². The first-order valence-electron chi connectivity index (χ1n) is 8.88. The summed E-state index contributed by atoms with van der Waals surface area (Å²) >= 11 is 0. The second-order valence-corrected chi connectivity index (χ2v) is 6.36. The number of aryl methyl sites for hydroxylation is 2. The first-order chi connectivity index (χ1) is 13.5. The molecule has 0 amide bonds. The molecule has 0 radical (unpaired) electrons. The van der Waals surface area contributed by atoms with Crippen molar-refractivity contribution in [1.82, 2.24) is 24.3 Å². The quantitative estimate of drug-likeness (QED) is 0.573. The van der Waals surface area contributed by atoms with Crippen LogP contribution in [0.3, 0.4) is 0 Å². The van der Waals surface area contributed by atoms with E-state index in [0.29, 0.717) is 34.0 Å². The highest BCUT2D eigenvalue weighted by Crippen LogP contribution is 2.33. The van der Waals surface area contributed by atoms with Crippen molar-refractivity contribution in [2.75, 3.05) is 14.2 Å². The van der Waals surface area contributed by atoms with Gasteiger partial charge in [0, 0.05) is 36.8 Å². The van der Waals surface area contributed by atoms with Gasteiger partial charge in [0.25, 0.3) is 5.88 Å². The average molecular weight is 379 g/mol. The molecule has 0 saturated carbocycles. The lowest BCUT2D eigenvalue weighted by Gasteiger charge is -2.08. The highest BCUT2D eigenvalue weighted by Gasteiger charge is 2.16. The summed E-state index contributed by atoms with van der Waals surface area (Å²) in [4.78, 5) is 8.94. The Morgan fingerprint density at radius 1 is 1.14 bits per heavy atom. The largest absolute Gasteiger partial charge is 0.494 e. The Labute approximate surface area is 162 Å². The molecule has 0 aliphatic heterocycles. The maximum Gasteiger partial charge on any atom is 0.256 e. The highest BCUT2D eigenvalue weighted by molar-refractivity contribution is 5.87. The van der Waals surface area contributed by atoms with Crippen LogP contribution in [0.5, 0.6) is 17.5 Å². The molecule has 0 atom stereocenters. The standard InChI is InChI=1S/C20H21N5O3/c1-5-13-9-18(23-24(13)2)25-11-16-14(20(25)26)6-7-15(22-16)12-8-17(27-3)19(28-4)21-10-12/h6-11,26H,5H2,1-4H3. The van der Waals surface area contributed by atoms with Crippen LogP contribution in [0.15, 0.2) is 36.7 Å². The highest BCUT2D eigenvalue weighted by atomic mass is 16.5. The lowest BCUT2D eigenvalue weighted by atomic mass is 10.1. The van der Waals surface area contributed by atoms with Gasteiger partial charge in [0.2, 0.25) is 5.88 Å². The topological polar surface area (TPSA) is 87.2 Å². The Balaban J connectivity index is 1.80. The van der Waals surface area contributed by atoms with Gasteiger partial charge in [-0.05, 0) is 24.6 Å². The number of pyridine rings is 2. The third-order valence-electron chi connectivity index (χ3n) is 4.75. The molecule has 4 aromatic rings. The Hall–Kier alpha value is -3.55. The van der Waals surface area contributed by atoms with Crippen molar-refractivity contribution in [2.45, 2.75) is 13.3 Å². The van der Waals surface area contributed by atoms with Crippen LogP contribution in [0.2, 0.25) is 0 Å². The van der Waals surface area contributed by atoms with E-state index >= 15 is 0 Å². The fourth-order valence-corrected chi connectivity index (χ4v) is 3.22. The second-order valence-electron chi connectivity index (χ2n) is 6.36. The molecule has 0 aromatic carbocycles. The van der Waals surface area contributed by atoms with Crippen LogP contribution in [-0.2, 0) is 13.5 Å². The lowest BCUT2D eigenvalue weighted by molar-refractivity contribution is 0.343. The minimum absolute atomic E-state index is 0.111. The number of fused-ring (bicyclic) bond motifs is 1. The monoisotopic (exact) mass is 379 g/mol. The van der Waals surface area contributed by atoms with E-state index in [1.165, 1.54) is 0 Å². The van der Waals surface area contributed by atoms with Crippen molar-refractivity contribution in [3.8, 4) is 34.6 Å². The van der Waals surface area contributed by atoms with Crippen molar-refractivity contribution in [3.05, 3.63) is 42.4 Å². The summed E-state index contributed by atoms with van der Waals surface area (Å²) in [5.74, 6) is 1.71. The van der Waals surface area contributed by atoms with Gasteiger partial charge in [-0.3, -0.25) is 9.25 Å². The molecule has 28 heavy (non-hydrogen) atoms. The number of hydrogen-bond acceptors (Lipinski definition) is 6. The molecule has 144 valence electrons. The molecule has 0 aliphatic rings. The molecule has 4 aromatic heterocycles. The van der Waals surface area contributed by atoms with Crippen LogP contribution >= 0.6 is 0 Å². The molecule has 1 N–H and O–H groups in total. The molecule has 0 saturated heterocycles. The number of ether oxygens (including phenoxy) is 2. The average Bonchev–Trinajstić information content (AvgIpc) is 3.26. The number of nitrogens with zero attached hydrogens (tertiary/aromatic N) is 5. The molecule has 0 unspecified atom stereocenters. The normalized spacial score (nSPS) is 11.1. The van der Waals surface area contributed by atoms with E-state index in [1.807, 2.05) is 36.0 Å². The Morgan fingerprint density at radius 2 is 1.96 bits per heavy atom. The molecular weight excluding hydrogens is 358 g/mol. The smallest absolute Gasteiger partial charge is 0.256 e. The van der Waals surface area contributed by atoms with Crippen LogP contribution in [0, 0.1) is 0 Å². The molecule has 8 heteroatoms. The number of aromatic hydroxyl groups is 1. The maximum atomic E-state index is 10.7. The zero-order valence-corrected chi connectivity index (χ0v) is 16.2. The van der Waals surface area contributed by atoms with Gasteiger partial charge in [-0.15, -0.1) is 0 Å². The van der Waals surface area contributed by atoms with E-state index in [9.17, 15) is 5.11 Å². The summed E-state index contributed by atoms with van der Waals surface area (Å²) in [6.07, 6.45) is 4.32. The minimum atomic E-state index is 0.111. The van der Waals surface area contributed by atoms with Gasteiger partial charge in [-0.2, -0.15) is 5.10 Å². The van der Waals surface area contributed by atoms with Crippen LogP contribution in [-0.4, -0.2) is 43.6 Å². The first-order valence-corrected chi connectivity index (χ1v) is 8.88. The molecule has 0 aliphatic carbocycles. The maximum absolute atomic E-state index is 10.7. The first kappa shape index (κ1) is 17.8. The molecule has 4 heterocycles. The third-order valence-corrected chi connectivity index (χ3v) is 4.75. The van der Waals surface area contributed by atoms with Crippen molar-refractivity contribution >= 4 is 10.9 Å². The van der Waals surface area contributed by atoms with Gasteiger partial charge in [0.1, 0.15) is 0 Å². The molecule has 0 spiro atoms. The summed E-state index contributed by atoms with van der Waals surface area (Å²) in [5, 5.41) is 15.8. The van der Waals surface area contributed by atoms with E-state index < -0.39 is 0 Å². The van der Waals surface area contributed by atoms with Crippen LogP contribution in [0.25, 0.3) is 28.0 Å². The van der Waals surface area contributed by atoms with Gasteiger partial charge in [-0.1, -0.05) is 6.92 Å². The summed E-state index contributed by atoms with van der Waals surface area (Å²) in [7, 11) is 5.00. The van der Waals surface area contributed by atoms with Gasteiger partial charge < -0.3 is 14.6 Å². The number of hydrogen-bond donors (Lipinski definition) is 1. The molecule has 8 nitrogen and oxygen atoms in total. The molecule has 4 rings (SSSR count). The molecule has 0 bridgehead atoms. The van der Waals surface area contributed by atoms with E-state index in [-0.39, 0.29) is 5.88 Å². The van der Waals surface area contributed by atoms with Gasteiger partial charge >= 0.3 is 0 Å². The Bertz CT molecular complexity index is 1160. The van der Waals surface area contributed by atoms with E-state index in [0.717, 1.165) is 17.7 Å². The summed E-state index contributed by atoms with van der Waals surface area (Å²) in [6.45, 7) is 2.07. The fraction of sp³-hybridized carbons (Fsp3) is 0.250. The Kier molecular flexibility index (Phi) is 4.38. The van der Waals surface area contributed by atoms with E-state index in [2.05, 4.69) is 22.0 Å². The second kappa shape index (κ2) is 6.88. The lowest BCUT2D eigenvalue weighted by Crippen LogP contribution is -1.97. The zero-order chi connectivity index (χ0) is 19.8. The number of aromatic nitrogens is 5. The van der Waals surface area contributed by atoms with Crippen molar-refractivity contribution in [1.29, 1.82) is 0 Å². The molecular formula is C20H21N5O3. The van der Waals surface area contributed by atoms with E-state index in [1.54, 1.807) is 31.2 Å².